The van der Waals surface area contributed by atoms with E-state index in [4.69, 9.17) is 4.74 Å². The van der Waals surface area contributed by atoms with Gasteiger partial charge in [-0.25, -0.2) is 9.97 Å². The summed E-state index contributed by atoms with van der Waals surface area (Å²) in [4.78, 5) is 7.48. The zero-order valence-electron chi connectivity index (χ0n) is 7.18. The summed E-state index contributed by atoms with van der Waals surface area (Å²) in [6.45, 7) is 0.278. The highest BCUT2D eigenvalue weighted by atomic mass is 32.1. The number of ether oxygens (including phenoxy) is 1. The molecule has 2 heterocycles. The van der Waals surface area contributed by atoms with Crippen LogP contribution >= 0.6 is 11.3 Å². The topological polar surface area (TPSA) is 35.0 Å². The molecule has 0 fully saturated rings. The first-order valence-corrected chi connectivity index (χ1v) is 4.86. The van der Waals surface area contributed by atoms with Gasteiger partial charge in [-0.15, -0.1) is 11.3 Å². The van der Waals surface area contributed by atoms with Crippen molar-refractivity contribution in [3.8, 4) is 5.75 Å². The molecule has 0 radical (unpaired) electrons. The predicted molar refractivity (Wildman–Crippen MR) is 50.6 cm³/mol. The van der Waals surface area contributed by atoms with E-state index in [-0.39, 0.29) is 12.4 Å². The van der Waals surface area contributed by atoms with Crippen molar-refractivity contribution in [2.45, 2.75) is 6.61 Å². The summed E-state index contributed by atoms with van der Waals surface area (Å²) in [6.07, 6.45) is 3.06. The lowest BCUT2D eigenvalue weighted by Crippen LogP contribution is -1.97. The first-order valence-electron chi connectivity index (χ1n) is 3.98. The molecule has 3 nitrogen and oxygen atoms in total. The van der Waals surface area contributed by atoms with Gasteiger partial charge >= 0.3 is 0 Å². The molecule has 0 saturated heterocycles. The Morgan fingerprint density at radius 1 is 1.36 bits per heavy atom. The molecule has 0 amide bonds. The van der Waals surface area contributed by atoms with Gasteiger partial charge in [0.25, 0.3) is 5.95 Å². The average Bonchev–Trinajstić information content (AvgIpc) is 2.69. The van der Waals surface area contributed by atoms with Crippen molar-refractivity contribution in [2.24, 2.45) is 0 Å². The highest BCUT2D eigenvalue weighted by Crippen LogP contribution is 2.15. The van der Waals surface area contributed by atoms with E-state index in [1.54, 1.807) is 12.3 Å². The van der Waals surface area contributed by atoms with E-state index >= 15 is 0 Å². The molecule has 0 aromatic carbocycles. The third kappa shape index (κ3) is 2.05. The van der Waals surface area contributed by atoms with Crippen molar-refractivity contribution in [2.75, 3.05) is 0 Å². The predicted octanol–water partition coefficient (Wildman–Crippen LogP) is 2.26. The smallest absolute Gasteiger partial charge is 0.255 e. The first kappa shape index (κ1) is 9.08. The Labute approximate surface area is 84.2 Å². The number of hydrogen-bond donors (Lipinski definition) is 0. The summed E-state index contributed by atoms with van der Waals surface area (Å²) in [5.74, 6) is -0.438. The van der Waals surface area contributed by atoms with Gasteiger partial charge in [-0.1, -0.05) is 0 Å². The molecular weight excluding hydrogens is 203 g/mol. The molecule has 0 bridgehead atoms. The minimum absolute atomic E-state index is 0.155. The first-order chi connectivity index (χ1) is 6.86. The molecule has 2 aromatic rings. The van der Waals surface area contributed by atoms with Gasteiger partial charge in [-0.05, 0) is 12.1 Å². The van der Waals surface area contributed by atoms with E-state index in [9.17, 15) is 4.39 Å². The van der Waals surface area contributed by atoms with Gasteiger partial charge in [-0.2, -0.15) is 4.39 Å². The third-order valence-electron chi connectivity index (χ3n) is 1.56. The molecule has 0 aliphatic carbocycles. The number of halogens is 1. The van der Waals surface area contributed by atoms with Crippen LogP contribution in [0.15, 0.2) is 29.9 Å². The maximum Gasteiger partial charge on any atom is 0.255 e. The summed E-state index contributed by atoms with van der Waals surface area (Å²) in [5, 5.41) is 2.66. The zero-order valence-corrected chi connectivity index (χ0v) is 8.00. The van der Waals surface area contributed by atoms with Crippen LogP contribution in [0.1, 0.15) is 5.01 Å². The van der Waals surface area contributed by atoms with Crippen LogP contribution in [0, 0.1) is 5.95 Å². The van der Waals surface area contributed by atoms with Crippen LogP contribution in [0.4, 0.5) is 4.39 Å². The summed E-state index contributed by atoms with van der Waals surface area (Å²) < 4.78 is 18.2. The number of nitrogens with zero attached hydrogens (tertiary/aromatic N) is 2. The van der Waals surface area contributed by atoms with Crippen LogP contribution in [0.5, 0.6) is 5.75 Å². The Hall–Kier alpha value is -1.49. The number of rotatable bonds is 3. The van der Waals surface area contributed by atoms with Crippen molar-refractivity contribution in [1.82, 2.24) is 9.97 Å². The molecular formula is C9H7FN2OS. The molecule has 0 N–H and O–H groups in total. The monoisotopic (exact) mass is 210 g/mol. The molecule has 0 spiro atoms. The Balaban J connectivity index is 2.02. The Morgan fingerprint density at radius 2 is 2.29 bits per heavy atom. The van der Waals surface area contributed by atoms with E-state index in [0.717, 1.165) is 5.01 Å². The lowest BCUT2D eigenvalue weighted by atomic mass is 10.4. The molecule has 72 valence electrons. The second kappa shape index (κ2) is 4.15. The zero-order chi connectivity index (χ0) is 9.80. The Bertz CT molecular complexity index is 405. The van der Waals surface area contributed by atoms with Crippen LogP contribution in [-0.4, -0.2) is 9.97 Å². The Kier molecular flexibility index (Phi) is 2.69. The average molecular weight is 210 g/mol. The molecule has 2 rings (SSSR count). The van der Waals surface area contributed by atoms with Crippen LogP contribution in [0.25, 0.3) is 0 Å². The van der Waals surface area contributed by atoms with E-state index < -0.39 is 5.95 Å². The minimum atomic E-state index is -0.593. The second-order valence-corrected chi connectivity index (χ2v) is 3.49. The highest BCUT2D eigenvalue weighted by Gasteiger charge is 2.03. The maximum absolute atomic E-state index is 13.0. The maximum atomic E-state index is 13.0. The lowest BCUT2D eigenvalue weighted by Gasteiger charge is -2.03. The summed E-state index contributed by atoms with van der Waals surface area (Å²) in [5.41, 5.74) is 0. The molecule has 0 aliphatic rings. The SMILES string of the molecule is Fc1ncccc1OCc1nccs1. The second-order valence-electron chi connectivity index (χ2n) is 2.51. The fourth-order valence-corrected chi connectivity index (χ4v) is 1.47. The largest absolute Gasteiger partial charge is 0.482 e. The molecule has 0 aliphatic heterocycles. The number of thiazole rings is 1. The molecule has 0 saturated carbocycles. The molecule has 5 heteroatoms. The molecule has 0 atom stereocenters. The van der Waals surface area contributed by atoms with Crippen molar-refractivity contribution < 1.29 is 9.13 Å². The quantitative estimate of drug-likeness (QED) is 0.729. The van der Waals surface area contributed by atoms with Crippen molar-refractivity contribution in [1.29, 1.82) is 0 Å². The number of hydrogen-bond acceptors (Lipinski definition) is 4. The standard InChI is InChI=1S/C9H7FN2OS/c10-9-7(2-1-3-12-9)13-6-8-11-4-5-14-8/h1-5H,6H2. The van der Waals surface area contributed by atoms with Gasteiger partial charge < -0.3 is 4.74 Å². The lowest BCUT2D eigenvalue weighted by molar-refractivity contribution is 0.285. The Morgan fingerprint density at radius 3 is 3.00 bits per heavy atom. The van der Waals surface area contributed by atoms with Crippen molar-refractivity contribution in [3.05, 3.63) is 40.9 Å². The molecule has 0 unspecified atom stereocenters. The number of aromatic nitrogens is 2. The van der Waals surface area contributed by atoms with E-state index in [0.29, 0.717) is 0 Å². The minimum Gasteiger partial charge on any atom is -0.482 e. The van der Waals surface area contributed by atoms with Gasteiger partial charge in [0.1, 0.15) is 11.6 Å². The fourth-order valence-electron chi connectivity index (χ4n) is 0.943. The van der Waals surface area contributed by atoms with E-state index in [1.165, 1.54) is 23.6 Å². The van der Waals surface area contributed by atoms with Crippen LogP contribution in [-0.2, 0) is 6.61 Å². The normalized spacial score (nSPS) is 10.1. The van der Waals surface area contributed by atoms with Crippen LogP contribution in [0.2, 0.25) is 0 Å². The fraction of sp³-hybridized carbons (Fsp3) is 0.111. The molecule has 2 aromatic heterocycles. The van der Waals surface area contributed by atoms with Crippen molar-refractivity contribution in [3.63, 3.8) is 0 Å². The van der Waals surface area contributed by atoms with Crippen LogP contribution < -0.4 is 4.74 Å². The van der Waals surface area contributed by atoms with E-state index in [2.05, 4.69) is 9.97 Å². The summed E-state index contributed by atoms with van der Waals surface area (Å²) in [7, 11) is 0. The third-order valence-corrected chi connectivity index (χ3v) is 2.31. The van der Waals surface area contributed by atoms with Gasteiger partial charge in [0.2, 0.25) is 0 Å². The van der Waals surface area contributed by atoms with Gasteiger partial charge in [0, 0.05) is 17.8 Å². The van der Waals surface area contributed by atoms with Crippen molar-refractivity contribution >= 4 is 11.3 Å². The van der Waals surface area contributed by atoms with Gasteiger partial charge in [0.15, 0.2) is 5.75 Å². The van der Waals surface area contributed by atoms with Gasteiger partial charge in [0.05, 0.1) is 0 Å². The van der Waals surface area contributed by atoms with Gasteiger partial charge in [-0.3, -0.25) is 0 Å². The summed E-state index contributed by atoms with van der Waals surface area (Å²) in [6, 6.07) is 3.16. The van der Waals surface area contributed by atoms with E-state index in [1.807, 2.05) is 5.38 Å². The highest BCUT2D eigenvalue weighted by molar-refractivity contribution is 7.09. The molecule has 14 heavy (non-hydrogen) atoms. The van der Waals surface area contributed by atoms with Crippen LogP contribution in [0.3, 0.4) is 0 Å². The number of pyridine rings is 1. The summed E-state index contributed by atoms with van der Waals surface area (Å²) >= 11 is 1.47.